The predicted octanol–water partition coefficient (Wildman–Crippen LogP) is 1.88. The number of aliphatic hydroxyl groups is 3. The molecule has 3 amide bonds. The van der Waals surface area contributed by atoms with Gasteiger partial charge in [-0.05, 0) is 75.7 Å². The third-order valence-corrected chi connectivity index (χ3v) is 8.98. The van der Waals surface area contributed by atoms with Gasteiger partial charge in [0, 0.05) is 42.5 Å². The van der Waals surface area contributed by atoms with E-state index in [1.54, 1.807) is 31.1 Å². The summed E-state index contributed by atoms with van der Waals surface area (Å²) in [5.41, 5.74) is 2.89. The summed E-state index contributed by atoms with van der Waals surface area (Å²) in [7, 11) is 6.48. The van der Waals surface area contributed by atoms with Crippen LogP contribution in [-0.2, 0) is 20.8 Å². The molecule has 3 aliphatic rings. The first kappa shape index (κ1) is 32.2. The summed E-state index contributed by atoms with van der Waals surface area (Å²) in [6.45, 7) is 1.41. The van der Waals surface area contributed by atoms with Gasteiger partial charge >= 0.3 is 6.03 Å². The lowest BCUT2D eigenvalue weighted by molar-refractivity contribution is -0.153. The Balaban J connectivity index is 1.60. The first-order valence-corrected chi connectivity index (χ1v) is 14.4. The van der Waals surface area contributed by atoms with Crippen LogP contribution in [0, 0.1) is 11.8 Å². The molecular weight excluding hydrogens is 598 g/mol. The summed E-state index contributed by atoms with van der Waals surface area (Å²) in [5, 5.41) is 51.0. The molecule has 2 aromatic rings. The molecule has 2 aromatic carbocycles. The number of likely N-dealkylation sites (N-methyl/N-ethyl adjacent to an activating group) is 1. The number of aromatic hydroxyl groups is 1. The summed E-state index contributed by atoms with van der Waals surface area (Å²) in [5.74, 6) is -7.79. The second-order valence-electron chi connectivity index (χ2n) is 12.2. The number of carbonyl (C=O) groups excluding carboxylic acids is 5. The zero-order valence-electron chi connectivity index (χ0n) is 25.8. The number of hydrogen-bond acceptors (Lipinski definition) is 11. The normalized spacial score (nSPS) is 23.8. The molecule has 0 aliphatic heterocycles. The van der Waals surface area contributed by atoms with Gasteiger partial charge in [-0.2, -0.15) is 0 Å². The van der Waals surface area contributed by atoms with Crippen LogP contribution in [-0.4, -0.2) is 94.4 Å². The first-order valence-electron chi connectivity index (χ1n) is 14.4. The van der Waals surface area contributed by atoms with Gasteiger partial charge in [-0.15, -0.1) is 0 Å². The highest BCUT2D eigenvalue weighted by molar-refractivity contribution is 6.24. The number of phenols is 1. The Labute approximate surface area is 263 Å². The summed E-state index contributed by atoms with van der Waals surface area (Å²) in [6.07, 6.45) is 0.0365. The van der Waals surface area contributed by atoms with Gasteiger partial charge < -0.3 is 41.7 Å². The van der Waals surface area contributed by atoms with Crippen LogP contribution >= 0.6 is 0 Å². The second-order valence-corrected chi connectivity index (χ2v) is 12.2. The average molecular weight is 634 g/mol. The number of carbonyl (C=O) groups is 5. The zero-order valence-corrected chi connectivity index (χ0v) is 25.8. The van der Waals surface area contributed by atoms with E-state index >= 15 is 0 Å². The number of hydrogen-bond donors (Lipinski definition) is 7. The lowest BCUT2D eigenvalue weighted by Crippen LogP contribution is -2.65. The average Bonchev–Trinajstić information content (AvgIpc) is 2.96. The highest BCUT2D eigenvalue weighted by Gasteiger charge is 2.64. The molecular formula is C32H35N5O9. The Morgan fingerprint density at radius 1 is 1.00 bits per heavy atom. The van der Waals surface area contributed by atoms with Gasteiger partial charge in [0.1, 0.15) is 17.1 Å². The molecule has 0 bridgehead atoms. The van der Waals surface area contributed by atoms with E-state index in [-0.39, 0.29) is 35.4 Å². The minimum absolute atomic E-state index is 0.0514. The highest BCUT2D eigenvalue weighted by atomic mass is 16.3. The molecule has 46 heavy (non-hydrogen) atoms. The number of urea groups is 1. The van der Waals surface area contributed by atoms with E-state index in [0.29, 0.717) is 22.5 Å². The van der Waals surface area contributed by atoms with Gasteiger partial charge in [0.25, 0.3) is 5.91 Å². The number of nitrogens with zero attached hydrogens (tertiary/aromatic N) is 2. The fraction of sp³-hybridized carbons (Fsp3) is 0.344. The molecule has 0 aromatic heterocycles. The number of benzene rings is 2. The van der Waals surface area contributed by atoms with E-state index in [1.165, 1.54) is 44.1 Å². The number of anilines is 3. The van der Waals surface area contributed by atoms with Gasteiger partial charge in [-0.3, -0.25) is 24.1 Å². The molecule has 0 saturated heterocycles. The van der Waals surface area contributed by atoms with Crippen LogP contribution in [0.5, 0.6) is 5.75 Å². The molecule has 14 nitrogen and oxygen atoms in total. The number of nitrogens with one attached hydrogen (secondary N) is 2. The van der Waals surface area contributed by atoms with Crippen molar-refractivity contribution in [2.24, 2.45) is 17.6 Å². The molecule has 1 fully saturated rings. The van der Waals surface area contributed by atoms with Gasteiger partial charge in [-0.1, -0.05) is 0 Å². The molecule has 0 spiro atoms. The SMILES string of the molecule is CC(=O)c1ccc(NC(=O)Nc2cc(N(C)C)c3c(c2O)C(O)=C2C(=O)C4(O)C(O)=C(C(N)=O)C(=O)C(N(C)C)C4CC2C3)cc1. The van der Waals surface area contributed by atoms with Crippen LogP contribution in [0.2, 0.25) is 0 Å². The number of rotatable bonds is 6. The lowest BCUT2D eigenvalue weighted by atomic mass is 9.57. The number of amides is 3. The number of primary amides is 1. The van der Waals surface area contributed by atoms with Crippen molar-refractivity contribution in [3.63, 3.8) is 0 Å². The molecule has 242 valence electrons. The van der Waals surface area contributed by atoms with E-state index in [1.807, 2.05) is 0 Å². The number of Topliss-reactive ketones (excluding diaryl/α,β-unsaturated/α-hetero) is 3. The minimum atomic E-state index is -2.77. The van der Waals surface area contributed by atoms with E-state index < -0.39 is 69.8 Å². The smallest absolute Gasteiger partial charge is 0.323 e. The van der Waals surface area contributed by atoms with Gasteiger partial charge in [0.15, 0.2) is 22.9 Å². The fourth-order valence-corrected chi connectivity index (χ4v) is 6.86. The van der Waals surface area contributed by atoms with E-state index in [2.05, 4.69) is 10.6 Å². The number of aliphatic hydroxyl groups excluding tert-OH is 2. The molecule has 0 radical (unpaired) electrons. The van der Waals surface area contributed by atoms with E-state index in [0.717, 1.165) is 0 Å². The standard InChI is InChI=1S/C32H35N5O9/c1-13(38)14-6-8-16(9-7-14)34-31(45)35-19-12-20(36(2)3)17-10-15-11-18-24(37(4)5)27(41)23(30(33)44)29(43)32(18,46)28(42)21(15)26(40)22(17)25(19)39/h6-9,12,15,18,24,39-40,43,46H,10-11H2,1-5H3,(H2,33,44)(H2,34,35,45). The Morgan fingerprint density at radius 3 is 2.17 bits per heavy atom. The monoisotopic (exact) mass is 633 g/mol. The Morgan fingerprint density at radius 2 is 1.63 bits per heavy atom. The molecule has 4 atom stereocenters. The molecule has 8 N–H and O–H groups in total. The largest absolute Gasteiger partial charge is 0.508 e. The minimum Gasteiger partial charge on any atom is -0.508 e. The van der Waals surface area contributed by atoms with Crippen LogP contribution < -0.4 is 21.3 Å². The van der Waals surface area contributed by atoms with Crippen molar-refractivity contribution in [3.05, 3.63) is 63.9 Å². The number of phenolic OH excluding ortho intramolecular Hbond substituents is 1. The van der Waals surface area contributed by atoms with E-state index in [4.69, 9.17) is 5.73 Å². The van der Waals surface area contributed by atoms with Crippen molar-refractivity contribution < 1.29 is 44.4 Å². The molecule has 0 heterocycles. The summed E-state index contributed by atoms with van der Waals surface area (Å²) in [6, 6.07) is 5.71. The second kappa shape index (κ2) is 11.3. The van der Waals surface area contributed by atoms with Crippen LogP contribution in [0.4, 0.5) is 21.9 Å². The van der Waals surface area contributed by atoms with Crippen molar-refractivity contribution in [1.82, 2.24) is 4.90 Å². The Kier molecular flexibility index (Phi) is 7.91. The maximum absolute atomic E-state index is 14.1. The first-order chi connectivity index (χ1) is 21.5. The lowest BCUT2D eigenvalue weighted by Gasteiger charge is -2.50. The number of nitrogens with two attached hydrogens (primary N) is 1. The Bertz CT molecular complexity index is 1780. The van der Waals surface area contributed by atoms with Crippen LogP contribution in [0.25, 0.3) is 5.76 Å². The maximum atomic E-state index is 14.1. The predicted molar refractivity (Wildman–Crippen MR) is 168 cm³/mol. The summed E-state index contributed by atoms with van der Waals surface area (Å²) < 4.78 is 0. The van der Waals surface area contributed by atoms with E-state index in [9.17, 15) is 44.4 Å². The zero-order chi connectivity index (χ0) is 34.0. The van der Waals surface area contributed by atoms with Crippen molar-refractivity contribution in [1.29, 1.82) is 0 Å². The van der Waals surface area contributed by atoms with Gasteiger partial charge in [0.2, 0.25) is 5.78 Å². The highest BCUT2D eigenvalue weighted by Crippen LogP contribution is 2.54. The maximum Gasteiger partial charge on any atom is 0.323 e. The van der Waals surface area contributed by atoms with Crippen molar-refractivity contribution in [2.75, 3.05) is 43.7 Å². The Hall–Kier alpha value is -5.21. The quantitative estimate of drug-likeness (QED) is 0.138. The van der Waals surface area contributed by atoms with Crippen molar-refractivity contribution >= 4 is 52.1 Å². The van der Waals surface area contributed by atoms with Crippen molar-refractivity contribution in [2.45, 2.75) is 31.4 Å². The number of fused-ring (bicyclic) bond motifs is 3. The van der Waals surface area contributed by atoms with Gasteiger partial charge in [0.05, 0.1) is 17.3 Å². The van der Waals surface area contributed by atoms with Crippen LogP contribution in [0.3, 0.4) is 0 Å². The number of ketones is 3. The topological polar surface area (TPSA) is 223 Å². The summed E-state index contributed by atoms with van der Waals surface area (Å²) in [4.78, 5) is 67.2. The molecule has 5 rings (SSSR count). The fourth-order valence-electron chi connectivity index (χ4n) is 6.86. The van der Waals surface area contributed by atoms with Gasteiger partial charge in [-0.25, -0.2) is 4.79 Å². The molecule has 1 saturated carbocycles. The molecule has 14 heteroatoms. The summed E-state index contributed by atoms with van der Waals surface area (Å²) >= 11 is 0. The molecule has 4 unspecified atom stereocenters. The van der Waals surface area contributed by atoms with Crippen molar-refractivity contribution in [3.8, 4) is 5.75 Å². The van der Waals surface area contributed by atoms with Crippen LogP contribution in [0.1, 0.15) is 34.8 Å². The third kappa shape index (κ3) is 4.86. The van der Waals surface area contributed by atoms with Crippen LogP contribution in [0.15, 0.2) is 47.2 Å². The third-order valence-electron chi connectivity index (χ3n) is 8.98. The molecule has 3 aliphatic carbocycles.